The number of ether oxygens (including phenoxy) is 1. The van der Waals surface area contributed by atoms with Gasteiger partial charge in [0.25, 0.3) is 0 Å². The smallest absolute Gasteiger partial charge is 0.350 e. The molecule has 0 unspecified atom stereocenters. The van der Waals surface area contributed by atoms with Crippen molar-refractivity contribution in [3.63, 3.8) is 0 Å². The number of hydrogen-bond acceptors (Lipinski definition) is 4. The number of anilines is 1. The number of rotatable bonds is 5. The first-order chi connectivity index (χ1) is 12.2. The molecule has 0 spiro atoms. The Balaban J connectivity index is 1.85. The summed E-state index contributed by atoms with van der Waals surface area (Å²) in [5, 5.41) is 2.84. The first-order valence-electron chi connectivity index (χ1n) is 7.78. The number of esters is 1. The molecule has 1 heterocycles. The Morgan fingerprint density at radius 3 is 2.28 bits per heavy atom. The Bertz CT molecular complexity index is 872. The molecule has 126 valence electrons. The highest BCUT2D eigenvalue weighted by Crippen LogP contribution is 2.35. The van der Waals surface area contributed by atoms with Gasteiger partial charge in [0.05, 0.1) is 19.2 Å². The lowest BCUT2D eigenvalue weighted by molar-refractivity contribution is -0.115. The van der Waals surface area contributed by atoms with Crippen LogP contribution in [0.5, 0.6) is 0 Å². The van der Waals surface area contributed by atoms with Gasteiger partial charge in [-0.15, -0.1) is 11.3 Å². The maximum absolute atomic E-state index is 12.3. The molecule has 0 saturated carbocycles. The summed E-state index contributed by atoms with van der Waals surface area (Å²) in [6.07, 6.45) is 0.248. The summed E-state index contributed by atoms with van der Waals surface area (Å²) in [7, 11) is 1.33. The van der Waals surface area contributed by atoms with Gasteiger partial charge in [0.15, 0.2) is 0 Å². The minimum Gasteiger partial charge on any atom is -0.465 e. The molecule has 2 aromatic carbocycles. The van der Waals surface area contributed by atoms with Gasteiger partial charge in [-0.3, -0.25) is 4.79 Å². The minimum atomic E-state index is -0.456. The standard InChI is InChI=1S/C20H17NO3S/c1-24-20(23)19-16(13-17(25-19)15-10-6-3-7-11-15)21-18(22)12-14-8-4-2-5-9-14/h2-11,13H,12H2,1H3,(H,21,22). The van der Waals surface area contributed by atoms with Crippen molar-refractivity contribution >= 4 is 28.9 Å². The summed E-state index contributed by atoms with van der Waals surface area (Å²) >= 11 is 1.30. The van der Waals surface area contributed by atoms with E-state index in [0.717, 1.165) is 16.0 Å². The molecule has 25 heavy (non-hydrogen) atoms. The molecular weight excluding hydrogens is 334 g/mol. The van der Waals surface area contributed by atoms with E-state index in [1.807, 2.05) is 66.7 Å². The Hall–Kier alpha value is -2.92. The van der Waals surface area contributed by atoms with Crippen LogP contribution in [0.3, 0.4) is 0 Å². The number of carbonyl (C=O) groups is 2. The van der Waals surface area contributed by atoms with Crippen molar-refractivity contribution in [1.82, 2.24) is 0 Å². The van der Waals surface area contributed by atoms with Crippen LogP contribution in [0.4, 0.5) is 5.69 Å². The normalized spacial score (nSPS) is 10.3. The van der Waals surface area contributed by atoms with Crippen molar-refractivity contribution in [2.45, 2.75) is 6.42 Å². The topological polar surface area (TPSA) is 55.4 Å². The van der Waals surface area contributed by atoms with Crippen molar-refractivity contribution in [2.75, 3.05) is 12.4 Å². The fourth-order valence-corrected chi connectivity index (χ4v) is 3.49. The van der Waals surface area contributed by atoms with E-state index in [2.05, 4.69) is 5.32 Å². The summed E-state index contributed by atoms with van der Waals surface area (Å²) in [4.78, 5) is 25.7. The number of methoxy groups -OCH3 is 1. The monoisotopic (exact) mass is 351 g/mol. The molecular formula is C20H17NO3S. The predicted molar refractivity (Wildman–Crippen MR) is 99.9 cm³/mol. The highest BCUT2D eigenvalue weighted by Gasteiger charge is 2.19. The fourth-order valence-electron chi connectivity index (χ4n) is 2.45. The third-order valence-electron chi connectivity index (χ3n) is 3.64. The van der Waals surface area contributed by atoms with Crippen molar-refractivity contribution in [2.24, 2.45) is 0 Å². The minimum absolute atomic E-state index is 0.172. The maximum Gasteiger partial charge on any atom is 0.350 e. The van der Waals surface area contributed by atoms with Crippen LogP contribution in [-0.2, 0) is 16.0 Å². The van der Waals surface area contributed by atoms with Crippen molar-refractivity contribution < 1.29 is 14.3 Å². The summed E-state index contributed by atoms with van der Waals surface area (Å²) in [5.41, 5.74) is 2.39. The van der Waals surface area contributed by atoms with Crippen molar-refractivity contribution in [3.8, 4) is 10.4 Å². The lowest BCUT2D eigenvalue weighted by Crippen LogP contribution is -2.16. The molecule has 1 aromatic heterocycles. The van der Waals surface area contributed by atoms with E-state index >= 15 is 0 Å². The Morgan fingerprint density at radius 2 is 1.64 bits per heavy atom. The average molecular weight is 351 g/mol. The fraction of sp³-hybridized carbons (Fsp3) is 0.100. The zero-order chi connectivity index (χ0) is 17.6. The van der Waals surface area contributed by atoms with E-state index in [-0.39, 0.29) is 12.3 Å². The molecule has 0 radical (unpaired) electrons. The first kappa shape index (κ1) is 16.9. The summed E-state index contributed by atoms with van der Waals surface area (Å²) in [5.74, 6) is -0.629. The Labute approximate surface area is 150 Å². The van der Waals surface area contributed by atoms with E-state index in [0.29, 0.717) is 10.6 Å². The highest BCUT2D eigenvalue weighted by molar-refractivity contribution is 7.18. The summed E-state index contributed by atoms with van der Waals surface area (Å²) in [6, 6.07) is 21.0. The third-order valence-corrected chi connectivity index (χ3v) is 4.81. The van der Waals surface area contributed by atoms with Gasteiger partial charge in [-0.05, 0) is 17.2 Å². The lowest BCUT2D eigenvalue weighted by Gasteiger charge is -2.05. The van der Waals surface area contributed by atoms with Gasteiger partial charge >= 0.3 is 5.97 Å². The molecule has 0 saturated heterocycles. The van der Waals surface area contributed by atoms with Crippen LogP contribution in [-0.4, -0.2) is 19.0 Å². The van der Waals surface area contributed by atoms with Gasteiger partial charge in [0.2, 0.25) is 5.91 Å². The van der Waals surface area contributed by atoms with Crippen LogP contribution in [0.1, 0.15) is 15.2 Å². The van der Waals surface area contributed by atoms with Crippen LogP contribution in [0.15, 0.2) is 66.7 Å². The second kappa shape index (κ2) is 7.77. The summed E-state index contributed by atoms with van der Waals surface area (Å²) in [6.45, 7) is 0. The Kier molecular flexibility index (Phi) is 5.26. The third kappa shape index (κ3) is 4.14. The number of carbonyl (C=O) groups excluding carboxylic acids is 2. The zero-order valence-corrected chi connectivity index (χ0v) is 14.5. The maximum atomic E-state index is 12.3. The largest absolute Gasteiger partial charge is 0.465 e. The van der Waals surface area contributed by atoms with Crippen LogP contribution in [0.25, 0.3) is 10.4 Å². The van der Waals surface area contributed by atoms with Gasteiger partial charge in [-0.1, -0.05) is 60.7 Å². The number of amides is 1. The van der Waals surface area contributed by atoms with Crippen LogP contribution in [0.2, 0.25) is 0 Å². The van der Waals surface area contributed by atoms with Crippen LogP contribution in [0, 0.1) is 0 Å². The molecule has 1 N–H and O–H groups in total. The number of nitrogens with one attached hydrogen (secondary N) is 1. The van der Waals surface area contributed by atoms with Gasteiger partial charge in [0.1, 0.15) is 4.88 Å². The van der Waals surface area contributed by atoms with E-state index < -0.39 is 5.97 Å². The number of hydrogen-bond donors (Lipinski definition) is 1. The molecule has 3 aromatic rings. The van der Waals surface area contributed by atoms with Gasteiger partial charge in [-0.2, -0.15) is 0 Å². The molecule has 0 fully saturated rings. The molecule has 0 bridgehead atoms. The van der Waals surface area contributed by atoms with E-state index in [9.17, 15) is 9.59 Å². The van der Waals surface area contributed by atoms with E-state index in [1.165, 1.54) is 18.4 Å². The molecule has 0 aliphatic rings. The van der Waals surface area contributed by atoms with Crippen molar-refractivity contribution in [3.05, 3.63) is 77.2 Å². The number of benzene rings is 2. The molecule has 0 atom stereocenters. The van der Waals surface area contributed by atoms with Gasteiger partial charge in [0, 0.05) is 4.88 Å². The van der Waals surface area contributed by atoms with Gasteiger partial charge in [-0.25, -0.2) is 4.79 Å². The predicted octanol–water partition coefficient (Wildman–Crippen LogP) is 4.38. The number of thiophene rings is 1. The SMILES string of the molecule is COC(=O)c1sc(-c2ccccc2)cc1NC(=O)Cc1ccccc1. The first-order valence-corrected chi connectivity index (χ1v) is 8.60. The van der Waals surface area contributed by atoms with Crippen LogP contribution < -0.4 is 5.32 Å². The summed E-state index contributed by atoms with van der Waals surface area (Å²) < 4.78 is 4.85. The second-order valence-corrected chi connectivity index (χ2v) is 6.47. The molecule has 0 aliphatic carbocycles. The highest BCUT2D eigenvalue weighted by atomic mass is 32.1. The second-order valence-electron chi connectivity index (χ2n) is 5.42. The van der Waals surface area contributed by atoms with E-state index in [4.69, 9.17) is 4.74 Å². The quantitative estimate of drug-likeness (QED) is 0.694. The van der Waals surface area contributed by atoms with Crippen molar-refractivity contribution in [1.29, 1.82) is 0 Å². The average Bonchev–Trinajstić information content (AvgIpc) is 3.06. The Morgan fingerprint density at radius 1 is 1.00 bits per heavy atom. The molecule has 5 heteroatoms. The lowest BCUT2D eigenvalue weighted by atomic mass is 10.1. The van der Waals surface area contributed by atoms with E-state index in [1.54, 1.807) is 0 Å². The molecule has 1 amide bonds. The zero-order valence-electron chi connectivity index (χ0n) is 13.7. The molecule has 3 rings (SSSR count). The van der Waals surface area contributed by atoms with Gasteiger partial charge < -0.3 is 10.1 Å². The van der Waals surface area contributed by atoms with Crippen LogP contribution >= 0.6 is 11.3 Å². The molecule has 4 nitrogen and oxygen atoms in total. The molecule has 0 aliphatic heterocycles.